The molecule has 1 fully saturated rings. The molecule has 3 rings (SSSR count). The van der Waals surface area contributed by atoms with Gasteiger partial charge in [-0.05, 0) is 31.0 Å². The molecule has 0 saturated carbocycles. The van der Waals surface area contributed by atoms with Crippen LogP contribution >= 0.6 is 0 Å². The minimum atomic E-state index is 0.124. The molecule has 1 atom stereocenters. The van der Waals surface area contributed by atoms with Gasteiger partial charge in [-0.15, -0.1) is 0 Å². The Morgan fingerprint density at radius 3 is 2.86 bits per heavy atom. The fourth-order valence-electron chi connectivity index (χ4n) is 2.60. The molecular formula is C16H19N5O. The van der Waals surface area contributed by atoms with Crippen molar-refractivity contribution in [2.45, 2.75) is 26.2 Å². The molecule has 22 heavy (non-hydrogen) atoms. The molecule has 1 amide bonds. The molecule has 0 aliphatic carbocycles. The van der Waals surface area contributed by atoms with E-state index in [-0.39, 0.29) is 11.8 Å². The molecule has 1 aliphatic rings. The maximum atomic E-state index is 11.4. The van der Waals surface area contributed by atoms with Crippen molar-refractivity contribution < 1.29 is 4.79 Å². The fourth-order valence-corrected chi connectivity index (χ4v) is 2.60. The van der Waals surface area contributed by atoms with Crippen molar-refractivity contribution in [2.75, 3.05) is 18.4 Å². The standard InChI is InChI=1S/C16H19N5O/c1-11-3-4-15(18-9-11)20-16-17-7-5-14(19-16)13-6-8-21(10-13)12(2)22/h3-5,7,9,13H,6,8,10H2,1-2H3,(H,17,18,19,20)/t13-/m1/s1. The van der Waals surface area contributed by atoms with Crippen LogP contribution in [-0.2, 0) is 4.79 Å². The zero-order chi connectivity index (χ0) is 15.5. The number of pyridine rings is 1. The Kier molecular flexibility index (Phi) is 4.00. The second-order valence-corrected chi connectivity index (χ2v) is 5.60. The van der Waals surface area contributed by atoms with Crippen LogP contribution in [0.15, 0.2) is 30.6 Å². The van der Waals surface area contributed by atoms with E-state index in [9.17, 15) is 4.79 Å². The number of amides is 1. The SMILES string of the molecule is CC(=O)N1CC[C@@H](c2ccnc(Nc3ccc(C)cn3)n2)C1. The van der Waals surface area contributed by atoms with Gasteiger partial charge >= 0.3 is 0 Å². The van der Waals surface area contributed by atoms with E-state index < -0.39 is 0 Å². The first-order valence-corrected chi connectivity index (χ1v) is 7.40. The Morgan fingerprint density at radius 2 is 2.18 bits per heavy atom. The summed E-state index contributed by atoms with van der Waals surface area (Å²) >= 11 is 0. The molecule has 0 aromatic carbocycles. The number of nitrogens with one attached hydrogen (secondary N) is 1. The molecule has 6 nitrogen and oxygen atoms in total. The van der Waals surface area contributed by atoms with Gasteiger partial charge in [-0.1, -0.05) is 6.07 Å². The first-order chi connectivity index (χ1) is 10.6. The number of likely N-dealkylation sites (tertiary alicyclic amines) is 1. The number of aromatic nitrogens is 3. The van der Waals surface area contributed by atoms with E-state index in [1.54, 1.807) is 19.3 Å². The number of hydrogen-bond acceptors (Lipinski definition) is 5. The summed E-state index contributed by atoms with van der Waals surface area (Å²) in [6.45, 7) is 5.13. The lowest BCUT2D eigenvalue weighted by molar-refractivity contribution is -0.127. The van der Waals surface area contributed by atoms with Crippen molar-refractivity contribution in [3.8, 4) is 0 Å². The molecular weight excluding hydrogens is 278 g/mol. The smallest absolute Gasteiger partial charge is 0.228 e. The predicted octanol–water partition coefficient (Wildman–Crippen LogP) is 2.26. The number of carbonyl (C=O) groups excluding carboxylic acids is 1. The number of nitrogens with zero attached hydrogens (tertiary/aromatic N) is 4. The monoisotopic (exact) mass is 297 g/mol. The summed E-state index contributed by atoms with van der Waals surface area (Å²) in [7, 11) is 0. The Morgan fingerprint density at radius 1 is 1.32 bits per heavy atom. The molecule has 2 aromatic rings. The fraction of sp³-hybridized carbons (Fsp3) is 0.375. The molecule has 1 saturated heterocycles. The van der Waals surface area contributed by atoms with Crippen LogP contribution in [0.3, 0.4) is 0 Å². The van der Waals surface area contributed by atoms with Gasteiger partial charge in [0, 0.05) is 38.3 Å². The predicted molar refractivity (Wildman–Crippen MR) is 83.9 cm³/mol. The summed E-state index contributed by atoms with van der Waals surface area (Å²) < 4.78 is 0. The molecule has 0 unspecified atom stereocenters. The third kappa shape index (κ3) is 3.21. The quantitative estimate of drug-likeness (QED) is 0.941. The Bertz CT molecular complexity index is 670. The highest BCUT2D eigenvalue weighted by Crippen LogP contribution is 2.26. The lowest BCUT2D eigenvalue weighted by Gasteiger charge is -2.14. The molecule has 1 N–H and O–H groups in total. The van der Waals surface area contributed by atoms with Gasteiger partial charge in [0.1, 0.15) is 5.82 Å². The molecule has 0 radical (unpaired) electrons. The van der Waals surface area contributed by atoms with Crippen molar-refractivity contribution in [3.63, 3.8) is 0 Å². The van der Waals surface area contributed by atoms with Gasteiger partial charge in [-0.25, -0.2) is 15.0 Å². The largest absolute Gasteiger partial charge is 0.342 e. The van der Waals surface area contributed by atoms with Crippen molar-refractivity contribution in [1.82, 2.24) is 19.9 Å². The number of hydrogen-bond donors (Lipinski definition) is 1. The summed E-state index contributed by atoms with van der Waals surface area (Å²) in [5.74, 6) is 1.66. The van der Waals surface area contributed by atoms with Crippen LogP contribution in [0.25, 0.3) is 0 Å². The van der Waals surface area contributed by atoms with Gasteiger partial charge in [0.2, 0.25) is 11.9 Å². The van der Waals surface area contributed by atoms with E-state index in [1.165, 1.54) is 0 Å². The Labute approximate surface area is 129 Å². The van der Waals surface area contributed by atoms with Crippen LogP contribution in [0.1, 0.15) is 30.5 Å². The van der Waals surface area contributed by atoms with Gasteiger partial charge in [0.15, 0.2) is 0 Å². The van der Waals surface area contributed by atoms with Crippen molar-refractivity contribution in [1.29, 1.82) is 0 Å². The van der Waals surface area contributed by atoms with Gasteiger partial charge < -0.3 is 10.2 Å². The van der Waals surface area contributed by atoms with Crippen LogP contribution in [0.5, 0.6) is 0 Å². The highest BCUT2D eigenvalue weighted by Gasteiger charge is 2.26. The second-order valence-electron chi connectivity index (χ2n) is 5.60. The van der Waals surface area contributed by atoms with Gasteiger partial charge in [0.05, 0.1) is 5.69 Å². The zero-order valence-corrected chi connectivity index (χ0v) is 12.8. The number of anilines is 2. The van der Waals surface area contributed by atoms with Gasteiger partial charge in [-0.3, -0.25) is 4.79 Å². The second kappa shape index (κ2) is 6.09. The number of aryl methyl sites for hydroxylation is 1. The minimum absolute atomic E-state index is 0.124. The zero-order valence-electron chi connectivity index (χ0n) is 12.8. The van der Waals surface area contributed by atoms with Crippen LogP contribution in [0.2, 0.25) is 0 Å². The Hall–Kier alpha value is -2.50. The highest BCUT2D eigenvalue weighted by molar-refractivity contribution is 5.73. The summed E-state index contributed by atoms with van der Waals surface area (Å²) in [6, 6.07) is 5.81. The van der Waals surface area contributed by atoms with E-state index >= 15 is 0 Å². The lowest BCUT2D eigenvalue weighted by Crippen LogP contribution is -2.25. The molecule has 3 heterocycles. The normalized spacial score (nSPS) is 17.5. The molecule has 2 aromatic heterocycles. The molecule has 6 heteroatoms. The highest BCUT2D eigenvalue weighted by atomic mass is 16.2. The van der Waals surface area contributed by atoms with E-state index in [1.807, 2.05) is 30.0 Å². The first kappa shape index (κ1) is 14.4. The van der Waals surface area contributed by atoms with Gasteiger partial charge in [0.25, 0.3) is 0 Å². The van der Waals surface area contributed by atoms with Gasteiger partial charge in [-0.2, -0.15) is 0 Å². The lowest BCUT2D eigenvalue weighted by atomic mass is 10.1. The van der Waals surface area contributed by atoms with Crippen molar-refractivity contribution in [3.05, 3.63) is 41.9 Å². The van der Waals surface area contributed by atoms with E-state index in [2.05, 4.69) is 20.3 Å². The average molecular weight is 297 g/mol. The molecule has 114 valence electrons. The summed E-state index contributed by atoms with van der Waals surface area (Å²) in [6.07, 6.45) is 4.49. The molecule has 0 spiro atoms. The van der Waals surface area contributed by atoms with Crippen LogP contribution in [-0.4, -0.2) is 38.8 Å². The third-order valence-electron chi connectivity index (χ3n) is 3.88. The number of rotatable bonds is 3. The minimum Gasteiger partial charge on any atom is -0.342 e. The first-order valence-electron chi connectivity index (χ1n) is 7.40. The third-order valence-corrected chi connectivity index (χ3v) is 3.88. The molecule has 1 aliphatic heterocycles. The summed E-state index contributed by atoms with van der Waals surface area (Å²) in [4.78, 5) is 26.4. The van der Waals surface area contributed by atoms with Crippen LogP contribution in [0, 0.1) is 6.92 Å². The number of carbonyl (C=O) groups is 1. The summed E-state index contributed by atoms with van der Waals surface area (Å²) in [5, 5.41) is 3.12. The van der Waals surface area contributed by atoms with E-state index in [4.69, 9.17) is 0 Å². The van der Waals surface area contributed by atoms with Crippen LogP contribution in [0.4, 0.5) is 11.8 Å². The van der Waals surface area contributed by atoms with Crippen molar-refractivity contribution in [2.24, 2.45) is 0 Å². The van der Waals surface area contributed by atoms with E-state index in [0.717, 1.165) is 36.6 Å². The van der Waals surface area contributed by atoms with Crippen LogP contribution < -0.4 is 5.32 Å². The summed E-state index contributed by atoms with van der Waals surface area (Å²) in [5.41, 5.74) is 2.07. The van der Waals surface area contributed by atoms with E-state index in [0.29, 0.717) is 5.95 Å². The Balaban J connectivity index is 1.73. The maximum absolute atomic E-state index is 11.4. The maximum Gasteiger partial charge on any atom is 0.228 e. The average Bonchev–Trinajstić information content (AvgIpc) is 3.00. The van der Waals surface area contributed by atoms with Crippen molar-refractivity contribution >= 4 is 17.7 Å². The molecule has 0 bridgehead atoms. The topological polar surface area (TPSA) is 71.0 Å².